The molecule has 1 saturated heterocycles. The summed E-state index contributed by atoms with van der Waals surface area (Å²) in [7, 11) is 0. The monoisotopic (exact) mass is 212 g/mol. The number of nitrogens with zero attached hydrogens (tertiary/aromatic N) is 1. The lowest BCUT2D eigenvalue weighted by Crippen LogP contribution is -2.21. The summed E-state index contributed by atoms with van der Waals surface area (Å²) < 4.78 is 0. The standard InChI is InChI=1S/C9H12N2O2S/c1-9(2-3-14-5-9)6-4-10-7(11-6)8(12)13/h4H,2-3,5H2,1H3,(H,10,11)(H,12,13). The molecule has 0 spiro atoms. The van der Waals surface area contributed by atoms with Gasteiger partial charge in [0.25, 0.3) is 0 Å². The first kappa shape index (κ1) is 9.58. The van der Waals surface area contributed by atoms with Crippen molar-refractivity contribution in [2.24, 2.45) is 0 Å². The van der Waals surface area contributed by atoms with Gasteiger partial charge in [-0.25, -0.2) is 9.78 Å². The summed E-state index contributed by atoms with van der Waals surface area (Å²) in [5.74, 6) is 1.22. The third kappa shape index (κ3) is 1.52. The molecule has 2 rings (SSSR count). The number of carbonyl (C=O) groups is 1. The van der Waals surface area contributed by atoms with E-state index in [-0.39, 0.29) is 11.2 Å². The first-order valence-electron chi connectivity index (χ1n) is 4.48. The number of hydrogen-bond donors (Lipinski definition) is 2. The Kier molecular flexibility index (Phi) is 2.26. The van der Waals surface area contributed by atoms with Crippen molar-refractivity contribution in [2.75, 3.05) is 11.5 Å². The Morgan fingerprint density at radius 1 is 1.79 bits per heavy atom. The van der Waals surface area contributed by atoms with Crippen molar-refractivity contribution in [1.82, 2.24) is 9.97 Å². The third-order valence-electron chi connectivity index (χ3n) is 2.65. The van der Waals surface area contributed by atoms with Gasteiger partial charge in [0.1, 0.15) is 0 Å². The molecule has 76 valence electrons. The van der Waals surface area contributed by atoms with E-state index in [4.69, 9.17) is 5.11 Å². The van der Waals surface area contributed by atoms with Crippen LogP contribution >= 0.6 is 11.8 Å². The van der Waals surface area contributed by atoms with E-state index in [1.165, 1.54) is 0 Å². The van der Waals surface area contributed by atoms with Gasteiger partial charge in [0.05, 0.1) is 0 Å². The Bertz CT molecular complexity index is 355. The van der Waals surface area contributed by atoms with E-state index in [9.17, 15) is 4.79 Å². The maximum Gasteiger partial charge on any atom is 0.371 e. The Morgan fingerprint density at radius 3 is 3.07 bits per heavy atom. The van der Waals surface area contributed by atoms with Gasteiger partial charge in [0, 0.05) is 23.1 Å². The zero-order chi connectivity index (χ0) is 10.2. The van der Waals surface area contributed by atoms with Crippen LogP contribution in [-0.2, 0) is 5.41 Å². The number of carboxylic acids is 1. The zero-order valence-corrected chi connectivity index (χ0v) is 8.73. The lowest BCUT2D eigenvalue weighted by atomic mass is 9.87. The van der Waals surface area contributed by atoms with Gasteiger partial charge in [-0.15, -0.1) is 0 Å². The highest BCUT2D eigenvalue weighted by atomic mass is 32.2. The molecule has 2 N–H and O–H groups in total. The summed E-state index contributed by atoms with van der Waals surface area (Å²) in [6.45, 7) is 2.14. The summed E-state index contributed by atoms with van der Waals surface area (Å²) in [5, 5.41) is 8.73. The maximum atomic E-state index is 10.6. The van der Waals surface area contributed by atoms with Crippen molar-refractivity contribution in [3.05, 3.63) is 17.7 Å². The molecular formula is C9H12N2O2S. The smallest absolute Gasteiger partial charge is 0.371 e. The molecule has 0 saturated carbocycles. The molecule has 0 aliphatic carbocycles. The van der Waals surface area contributed by atoms with Crippen LogP contribution in [0.2, 0.25) is 0 Å². The van der Waals surface area contributed by atoms with Crippen LogP contribution in [0.3, 0.4) is 0 Å². The van der Waals surface area contributed by atoms with E-state index < -0.39 is 5.97 Å². The number of carboxylic acid groups (broad SMARTS) is 1. The summed E-state index contributed by atoms with van der Waals surface area (Å²) in [5.41, 5.74) is 1.02. The SMILES string of the molecule is CC1(c2cnc(C(=O)O)[nH]2)CCSC1. The van der Waals surface area contributed by atoms with Gasteiger partial charge in [-0.1, -0.05) is 6.92 Å². The second kappa shape index (κ2) is 3.31. The normalized spacial score (nSPS) is 26.6. The minimum Gasteiger partial charge on any atom is -0.475 e. The molecule has 14 heavy (non-hydrogen) atoms. The molecule has 1 atom stereocenters. The molecule has 0 bridgehead atoms. The molecule has 1 unspecified atom stereocenters. The van der Waals surface area contributed by atoms with Crippen LogP contribution in [0.5, 0.6) is 0 Å². The quantitative estimate of drug-likeness (QED) is 0.779. The van der Waals surface area contributed by atoms with Crippen molar-refractivity contribution in [3.8, 4) is 0 Å². The summed E-state index contributed by atoms with van der Waals surface area (Å²) in [4.78, 5) is 17.3. The molecule has 0 aromatic carbocycles. The van der Waals surface area contributed by atoms with E-state index >= 15 is 0 Å². The molecule has 1 fully saturated rings. The minimum absolute atomic E-state index is 0.0399. The predicted octanol–water partition coefficient (Wildman–Crippen LogP) is 1.50. The van der Waals surface area contributed by atoms with Crippen molar-refractivity contribution in [1.29, 1.82) is 0 Å². The number of hydrogen-bond acceptors (Lipinski definition) is 3. The number of aromatic nitrogens is 2. The van der Waals surface area contributed by atoms with Gasteiger partial charge < -0.3 is 10.1 Å². The molecule has 1 aromatic rings. The van der Waals surface area contributed by atoms with E-state index in [2.05, 4.69) is 16.9 Å². The molecule has 5 heteroatoms. The molecule has 4 nitrogen and oxygen atoms in total. The Hall–Kier alpha value is -0.970. The third-order valence-corrected chi connectivity index (χ3v) is 3.98. The lowest BCUT2D eigenvalue weighted by molar-refractivity contribution is 0.0684. The maximum absolute atomic E-state index is 10.6. The Balaban J connectivity index is 2.28. The highest BCUT2D eigenvalue weighted by Crippen LogP contribution is 2.37. The molecule has 0 radical (unpaired) electrons. The lowest BCUT2D eigenvalue weighted by Gasteiger charge is -2.19. The molecular weight excluding hydrogens is 200 g/mol. The van der Waals surface area contributed by atoms with Gasteiger partial charge in [0.2, 0.25) is 5.82 Å². The molecule has 1 aliphatic heterocycles. The Morgan fingerprint density at radius 2 is 2.57 bits per heavy atom. The number of rotatable bonds is 2. The molecule has 2 heterocycles. The second-order valence-electron chi connectivity index (χ2n) is 3.81. The molecule has 1 aliphatic rings. The van der Waals surface area contributed by atoms with E-state index in [0.29, 0.717) is 0 Å². The number of aromatic carboxylic acids is 1. The second-order valence-corrected chi connectivity index (χ2v) is 4.92. The average Bonchev–Trinajstić information content (AvgIpc) is 2.71. The van der Waals surface area contributed by atoms with Gasteiger partial charge in [-0.05, 0) is 12.2 Å². The predicted molar refractivity (Wildman–Crippen MR) is 54.8 cm³/mol. The summed E-state index contributed by atoms with van der Waals surface area (Å²) in [6.07, 6.45) is 2.73. The van der Waals surface area contributed by atoms with E-state index in [1.54, 1.807) is 6.20 Å². The van der Waals surface area contributed by atoms with Gasteiger partial charge in [-0.2, -0.15) is 11.8 Å². The van der Waals surface area contributed by atoms with Crippen molar-refractivity contribution in [2.45, 2.75) is 18.8 Å². The number of thioether (sulfide) groups is 1. The fourth-order valence-corrected chi connectivity index (χ4v) is 3.11. The highest BCUT2D eigenvalue weighted by Gasteiger charge is 2.33. The van der Waals surface area contributed by atoms with Crippen LogP contribution < -0.4 is 0 Å². The average molecular weight is 212 g/mol. The fourth-order valence-electron chi connectivity index (χ4n) is 1.62. The molecule has 1 aromatic heterocycles. The van der Waals surface area contributed by atoms with E-state index in [1.807, 2.05) is 11.8 Å². The summed E-state index contributed by atoms with van der Waals surface area (Å²) in [6, 6.07) is 0. The van der Waals surface area contributed by atoms with Crippen LogP contribution in [-0.4, -0.2) is 32.5 Å². The van der Waals surface area contributed by atoms with Crippen LogP contribution in [0, 0.1) is 0 Å². The number of imidazole rings is 1. The minimum atomic E-state index is -0.995. The fraction of sp³-hybridized carbons (Fsp3) is 0.556. The van der Waals surface area contributed by atoms with Gasteiger partial charge >= 0.3 is 5.97 Å². The number of aromatic amines is 1. The largest absolute Gasteiger partial charge is 0.475 e. The zero-order valence-electron chi connectivity index (χ0n) is 7.91. The first-order valence-corrected chi connectivity index (χ1v) is 5.64. The number of nitrogens with one attached hydrogen (secondary N) is 1. The van der Waals surface area contributed by atoms with E-state index in [0.717, 1.165) is 23.6 Å². The van der Waals surface area contributed by atoms with Crippen molar-refractivity contribution < 1.29 is 9.90 Å². The van der Waals surface area contributed by atoms with Crippen LogP contribution in [0.15, 0.2) is 6.20 Å². The van der Waals surface area contributed by atoms with Crippen LogP contribution in [0.1, 0.15) is 29.7 Å². The number of H-pyrrole nitrogens is 1. The van der Waals surface area contributed by atoms with Crippen molar-refractivity contribution >= 4 is 17.7 Å². The van der Waals surface area contributed by atoms with Crippen molar-refractivity contribution in [3.63, 3.8) is 0 Å². The van der Waals surface area contributed by atoms with Crippen LogP contribution in [0.25, 0.3) is 0 Å². The highest BCUT2D eigenvalue weighted by molar-refractivity contribution is 7.99. The Labute approximate surface area is 86.1 Å². The van der Waals surface area contributed by atoms with Gasteiger partial charge in [-0.3, -0.25) is 0 Å². The first-order chi connectivity index (χ1) is 6.62. The topological polar surface area (TPSA) is 66.0 Å². The summed E-state index contributed by atoms with van der Waals surface area (Å²) >= 11 is 1.90. The molecule has 0 amide bonds. The van der Waals surface area contributed by atoms with Gasteiger partial charge in [0.15, 0.2) is 0 Å². The van der Waals surface area contributed by atoms with Crippen LogP contribution in [0.4, 0.5) is 0 Å².